The van der Waals surface area contributed by atoms with E-state index < -0.39 is 0 Å². The molecule has 1 heterocycles. The van der Waals surface area contributed by atoms with Gasteiger partial charge >= 0.3 is 0 Å². The summed E-state index contributed by atoms with van der Waals surface area (Å²) in [5.74, 6) is 0.617. The van der Waals surface area contributed by atoms with Crippen molar-refractivity contribution in [1.82, 2.24) is 15.3 Å². The van der Waals surface area contributed by atoms with Crippen LogP contribution in [0.2, 0.25) is 5.15 Å². The Labute approximate surface area is 97.8 Å². The van der Waals surface area contributed by atoms with Crippen LogP contribution in [0.3, 0.4) is 0 Å². The molecule has 1 unspecified atom stereocenters. The Morgan fingerprint density at radius 3 is 3.00 bits per heavy atom. The Hall–Kier alpha value is -0.810. The van der Waals surface area contributed by atoms with Gasteiger partial charge in [0.05, 0.1) is 12.4 Å². The van der Waals surface area contributed by atoms with E-state index in [0.29, 0.717) is 0 Å². The number of carbonyl (C=O) groups is 1. The highest BCUT2D eigenvalue weighted by Crippen LogP contribution is 2.03. The average Bonchev–Trinajstić information content (AvgIpc) is 2.18. The zero-order chi connectivity index (χ0) is 11.3. The number of carbonyl (C=O) groups excluding carboxylic acids is 1. The number of rotatable bonds is 4. The molecule has 1 N–H and O–H groups in total. The summed E-state index contributed by atoms with van der Waals surface area (Å²) in [5, 5.41) is 3.03. The Kier molecular flexibility index (Phi) is 4.84. The van der Waals surface area contributed by atoms with E-state index in [4.69, 9.17) is 11.6 Å². The highest BCUT2D eigenvalue weighted by atomic mass is 35.5. The minimum absolute atomic E-state index is 0.105. The van der Waals surface area contributed by atoms with Gasteiger partial charge in [-0.05, 0) is 13.2 Å². The second-order valence-electron chi connectivity index (χ2n) is 3.06. The molecule has 0 aliphatic carbocycles. The quantitative estimate of drug-likeness (QED) is 0.876. The maximum absolute atomic E-state index is 11.6. The maximum atomic E-state index is 11.6. The third-order valence-corrected chi connectivity index (χ3v) is 2.65. The van der Waals surface area contributed by atoms with Crippen LogP contribution in [0.25, 0.3) is 0 Å². The SMILES string of the molecule is CSCC(C)NC(=O)c1cncc(Cl)n1. The number of nitrogens with zero attached hydrogens (tertiary/aromatic N) is 2. The van der Waals surface area contributed by atoms with Crippen LogP contribution in [0.1, 0.15) is 17.4 Å². The molecule has 0 aromatic carbocycles. The summed E-state index contributed by atoms with van der Waals surface area (Å²) in [6, 6.07) is 0.105. The summed E-state index contributed by atoms with van der Waals surface area (Å²) >= 11 is 7.30. The number of nitrogens with one attached hydrogen (secondary N) is 1. The Morgan fingerprint density at radius 1 is 1.67 bits per heavy atom. The summed E-state index contributed by atoms with van der Waals surface area (Å²) in [6.07, 6.45) is 4.78. The van der Waals surface area contributed by atoms with Gasteiger partial charge in [0.1, 0.15) is 10.8 Å². The van der Waals surface area contributed by atoms with E-state index >= 15 is 0 Å². The zero-order valence-corrected chi connectivity index (χ0v) is 10.1. The fraction of sp³-hybridized carbons (Fsp3) is 0.444. The van der Waals surface area contributed by atoms with Crippen LogP contribution in [0.4, 0.5) is 0 Å². The first-order chi connectivity index (χ1) is 7.13. The van der Waals surface area contributed by atoms with E-state index in [2.05, 4.69) is 15.3 Å². The van der Waals surface area contributed by atoms with Gasteiger partial charge in [0.15, 0.2) is 0 Å². The van der Waals surface area contributed by atoms with E-state index in [-0.39, 0.29) is 22.8 Å². The predicted octanol–water partition coefficient (Wildman–Crippen LogP) is 1.61. The van der Waals surface area contributed by atoms with Crippen LogP contribution in [0.15, 0.2) is 12.4 Å². The van der Waals surface area contributed by atoms with Crippen molar-refractivity contribution in [3.63, 3.8) is 0 Å². The molecule has 82 valence electrons. The number of hydrogen-bond donors (Lipinski definition) is 1. The zero-order valence-electron chi connectivity index (χ0n) is 8.53. The molecule has 0 spiro atoms. The number of aromatic nitrogens is 2. The minimum atomic E-state index is -0.244. The van der Waals surface area contributed by atoms with Crippen LogP contribution in [-0.2, 0) is 0 Å². The molecular formula is C9H12ClN3OS. The van der Waals surface area contributed by atoms with Gasteiger partial charge in [-0.2, -0.15) is 11.8 Å². The molecule has 6 heteroatoms. The van der Waals surface area contributed by atoms with E-state index in [1.54, 1.807) is 11.8 Å². The first-order valence-corrected chi connectivity index (χ1v) is 6.18. The van der Waals surface area contributed by atoms with Gasteiger partial charge in [-0.25, -0.2) is 4.98 Å². The van der Waals surface area contributed by atoms with Crippen molar-refractivity contribution in [3.8, 4) is 0 Å². The number of halogens is 1. The lowest BCUT2D eigenvalue weighted by molar-refractivity contribution is 0.0938. The molecular weight excluding hydrogens is 234 g/mol. The molecule has 1 aromatic rings. The molecule has 0 fully saturated rings. The summed E-state index contributed by atoms with van der Waals surface area (Å²) in [4.78, 5) is 19.3. The van der Waals surface area contributed by atoms with E-state index in [0.717, 1.165) is 5.75 Å². The monoisotopic (exact) mass is 245 g/mol. The lowest BCUT2D eigenvalue weighted by Crippen LogP contribution is -2.34. The Balaban J connectivity index is 2.61. The maximum Gasteiger partial charge on any atom is 0.271 e. The van der Waals surface area contributed by atoms with Crippen LogP contribution in [-0.4, -0.2) is 33.9 Å². The van der Waals surface area contributed by atoms with E-state index in [1.807, 2.05) is 13.2 Å². The fourth-order valence-electron chi connectivity index (χ4n) is 1.04. The van der Waals surface area contributed by atoms with Gasteiger partial charge in [-0.15, -0.1) is 0 Å². The average molecular weight is 246 g/mol. The van der Waals surface area contributed by atoms with Gasteiger partial charge in [0.25, 0.3) is 5.91 Å². The van der Waals surface area contributed by atoms with Crippen molar-refractivity contribution in [2.75, 3.05) is 12.0 Å². The van der Waals surface area contributed by atoms with Crippen molar-refractivity contribution in [1.29, 1.82) is 0 Å². The standard InChI is InChI=1S/C9H12ClN3OS/c1-6(5-15-2)12-9(14)7-3-11-4-8(10)13-7/h3-4,6H,5H2,1-2H3,(H,12,14). The van der Waals surface area contributed by atoms with Gasteiger partial charge in [0.2, 0.25) is 0 Å². The molecule has 15 heavy (non-hydrogen) atoms. The molecule has 0 aliphatic rings. The molecule has 0 bridgehead atoms. The first-order valence-electron chi connectivity index (χ1n) is 4.41. The predicted molar refractivity (Wildman–Crippen MR) is 62.4 cm³/mol. The molecule has 0 aliphatic heterocycles. The smallest absolute Gasteiger partial charge is 0.271 e. The largest absolute Gasteiger partial charge is 0.347 e. The highest BCUT2D eigenvalue weighted by Gasteiger charge is 2.11. The molecule has 1 rings (SSSR count). The molecule has 1 atom stereocenters. The molecule has 1 aromatic heterocycles. The second kappa shape index (κ2) is 5.92. The van der Waals surface area contributed by atoms with Crippen molar-refractivity contribution in [3.05, 3.63) is 23.2 Å². The third-order valence-electron chi connectivity index (χ3n) is 1.63. The van der Waals surface area contributed by atoms with Crippen LogP contribution >= 0.6 is 23.4 Å². The van der Waals surface area contributed by atoms with Crippen LogP contribution in [0, 0.1) is 0 Å². The molecule has 1 amide bonds. The number of amides is 1. The Morgan fingerprint density at radius 2 is 2.40 bits per heavy atom. The third kappa shape index (κ3) is 4.05. The van der Waals surface area contributed by atoms with Crippen molar-refractivity contribution >= 4 is 29.3 Å². The summed E-state index contributed by atoms with van der Waals surface area (Å²) < 4.78 is 0. The van der Waals surface area contributed by atoms with Crippen molar-refractivity contribution < 1.29 is 4.79 Å². The van der Waals surface area contributed by atoms with Gasteiger partial charge in [0, 0.05) is 11.8 Å². The summed E-state index contributed by atoms with van der Waals surface area (Å²) in [6.45, 7) is 1.94. The summed E-state index contributed by atoms with van der Waals surface area (Å²) in [7, 11) is 0. The molecule has 0 saturated carbocycles. The number of hydrogen-bond acceptors (Lipinski definition) is 4. The van der Waals surface area contributed by atoms with Crippen LogP contribution in [0.5, 0.6) is 0 Å². The van der Waals surface area contributed by atoms with Crippen molar-refractivity contribution in [2.24, 2.45) is 0 Å². The normalized spacial score (nSPS) is 12.2. The molecule has 0 radical (unpaired) electrons. The Bertz CT molecular complexity index is 348. The fourth-order valence-corrected chi connectivity index (χ4v) is 1.77. The van der Waals surface area contributed by atoms with Gasteiger partial charge < -0.3 is 5.32 Å². The second-order valence-corrected chi connectivity index (χ2v) is 4.35. The van der Waals surface area contributed by atoms with Crippen molar-refractivity contribution in [2.45, 2.75) is 13.0 Å². The minimum Gasteiger partial charge on any atom is -0.347 e. The topological polar surface area (TPSA) is 54.9 Å². The van der Waals surface area contributed by atoms with E-state index in [9.17, 15) is 4.79 Å². The lowest BCUT2D eigenvalue weighted by atomic mass is 10.3. The summed E-state index contributed by atoms with van der Waals surface area (Å²) in [5.41, 5.74) is 0.246. The van der Waals surface area contributed by atoms with Crippen LogP contribution < -0.4 is 5.32 Å². The number of thioether (sulfide) groups is 1. The highest BCUT2D eigenvalue weighted by molar-refractivity contribution is 7.98. The van der Waals surface area contributed by atoms with Gasteiger partial charge in [-0.3, -0.25) is 9.78 Å². The van der Waals surface area contributed by atoms with Gasteiger partial charge in [-0.1, -0.05) is 11.6 Å². The van der Waals surface area contributed by atoms with E-state index in [1.165, 1.54) is 12.4 Å². The molecule has 0 saturated heterocycles. The lowest BCUT2D eigenvalue weighted by Gasteiger charge is -2.11. The molecule has 4 nitrogen and oxygen atoms in total. The first kappa shape index (κ1) is 12.3.